The summed E-state index contributed by atoms with van der Waals surface area (Å²) in [4.78, 5) is 14.0. The number of nitrogens with zero attached hydrogens (tertiary/aromatic N) is 1. The van der Waals surface area contributed by atoms with E-state index in [0.29, 0.717) is 28.7 Å². The van der Waals surface area contributed by atoms with Crippen molar-refractivity contribution in [1.29, 1.82) is 0 Å². The minimum atomic E-state index is -0.399. The van der Waals surface area contributed by atoms with Crippen LogP contribution in [0.25, 0.3) is 0 Å². The third-order valence-electron chi connectivity index (χ3n) is 3.37. The minimum Gasteiger partial charge on any atom is -0.393 e. The summed E-state index contributed by atoms with van der Waals surface area (Å²) in [7, 11) is 0. The highest BCUT2D eigenvalue weighted by Crippen LogP contribution is 2.28. The van der Waals surface area contributed by atoms with E-state index in [-0.39, 0.29) is 11.8 Å². The van der Waals surface area contributed by atoms with Crippen molar-refractivity contribution in [2.75, 3.05) is 13.1 Å². The SMILES string of the molecule is CC(O)C1CCN(C(=O)c2c(Cl)cccc2Cl)C1. The predicted octanol–water partition coefficient (Wildman–Crippen LogP) is 2.84. The van der Waals surface area contributed by atoms with Crippen LogP contribution in [0.1, 0.15) is 23.7 Å². The lowest BCUT2D eigenvalue weighted by molar-refractivity contribution is 0.0763. The smallest absolute Gasteiger partial charge is 0.256 e. The van der Waals surface area contributed by atoms with Crippen LogP contribution in [0.15, 0.2) is 18.2 Å². The van der Waals surface area contributed by atoms with Crippen molar-refractivity contribution in [3.05, 3.63) is 33.8 Å². The second kappa shape index (κ2) is 5.47. The number of carbonyl (C=O) groups excluding carboxylic acids is 1. The van der Waals surface area contributed by atoms with Gasteiger partial charge in [-0.05, 0) is 25.5 Å². The van der Waals surface area contributed by atoms with Crippen molar-refractivity contribution in [1.82, 2.24) is 4.90 Å². The number of amides is 1. The molecule has 1 aliphatic heterocycles. The fourth-order valence-corrected chi connectivity index (χ4v) is 2.78. The molecule has 5 heteroatoms. The second-order valence-electron chi connectivity index (χ2n) is 4.64. The largest absolute Gasteiger partial charge is 0.393 e. The average Bonchev–Trinajstić information content (AvgIpc) is 2.77. The molecule has 1 aromatic rings. The van der Waals surface area contributed by atoms with Gasteiger partial charge in [0.1, 0.15) is 0 Å². The van der Waals surface area contributed by atoms with Crippen molar-refractivity contribution < 1.29 is 9.90 Å². The van der Waals surface area contributed by atoms with Gasteiger partial charge >= 0.3 is 0 Å². The first-order valence-electron chi connectivity index (χ1n) is 5.92. The van der Waals surface area contributed by atoms with E-state index >= 15 is 0 Å². The fourth-order valence-electron chi connectivity index (χ4n) is 2.23. The van der Waals surface area contributed by atoms with Crippen LogP contribution in [0.2, 0.25) is 10.0 Å². The van der Waals surface area contributed by atoms with Crippen LogP contribution < -0.4 is 0 Å². The lowest BCUT2D eigenvalue weighted by Gasteiger charge is -2.19. The molecule has 2 rings (SSSR count). The maximum absolute atomic E-state index is 12.3. The summed E-state index contributed by atoms with van der Waals surface area (Å²) in [6, 6.07) is 5.02. The molecule has 0 radical (unpaired) electrons. The van der Waals surface area contributed by atoms with E-state index in [1.807, 2.05) is 0 Å². The highest BCUT2D eigenvalue weighted by Gasteiger charge is 2.31. The summed E-state index contributed by atoms with van der Waals surface area (Å²) in [6.07, 6.45) is 0.412. The van der Waals surface area contributed by atoms with Crippen LogP contribution in [0, 0.1) is 5.92 Å². The van der Waals surface area contributed by atoms with E-state index in [2.05, 4.69) is 0 Å². The molecule has 1 amide bonds. The average molecular weight is 288 g/mol. The molecule has 1 N–H and O–H groups in total. The highest BCUT2D eigenvalue weighted by molar-refractivity contribution is 6.39. The first-order valence-corrected chi connectivity index (χ1v) is 6.67. The molecule has 2 atom stereocenters. The number of hydrogen-bond acceptors (Lipinski definition) is 2. The molecule has 0 spiro atoms. The lowest BCUT2D eigenvalue weighted by atomic mass is 10.0. The van der Waals surface area contributed by atoms with Gasteiger partial charge in [-0.15, -0.1) is 0 Å². The van der Waals surface area contributed by atoms with Gasteiger partial charge in [0.05, 0.1) is 21.7 Å². The van der Waals surface area contributed by atoms with Crippen LogP contribution in [-0.4, -0.2) is 35.1 Å². The Morgan fingerprint density at radius 1 is 1.44 bits per heavy atom. The molecule has 1 aromatic carbocycles. The normalized spacial score (nSPS) is 21.1. The van der Waals surface area contributed by atoms with Gasteiger partial charge in [0.15, 0.2) is 0 Å². The van der Waals surface area contributed by atoms with E-state index in [1.54, 1.807) is 30.0 Å². The Morgan fingerprint density at radius 2 is 2.06 bits per heavy atom. The number of likely N-dealkylation sites (tertiary alicyclic amines) is 1. The standard InChI is InChI=1S/C13H15Cl2NO2/c1-8(17)9-5-6-16(7-9)13(18)12-10(14)3-2-4-11(12)15/h2-4,8-9,17H,5-7H2,1H3. The van der Waals surface area contributed by atoms with Crippen molar-refractivity contribution >= 4 is 29.1 Å². The first-order chi connectivity index (χ1) is 8.50. The molecule has 1 saturated heterocycles. The molecule has 18 heavy (non-hydrogen) atoms. The number of benzene rings is 1. The Bertz CT molecular complexity index is 442. The van der Waals surface area contributed by atoms with E-state index < -0.39 is 6.10 Å². The van der Waals surface area contributed by atoms with Crippen LogP contribution in [0.3, 0.4) is 0 Å². The molecule has 2 unspecified atom stereocenters. The molecule has 3 nitrogen and oxygen atoms in total. The van der Waals surface area contributed by atoms with E-state index in [1.165, 1.54) is 0 Å². The van der Waals surface area contributed by atoms with E-state index in [9.17, 15) is 9.90 Å². The van der Waals surface area contributed by atoms with Gasteiger partial charge < -0.3 is 10.0 Å². The Balaban J connectivity index is 2.18. The van der Waals surface area contributed by atoms with Gasteiger partial charge in [-0.3, -0.25) is 4.79 Å². The minimum absolute atomic E-state index is 0.134. The molecule has 1 aliphatic rings. The zero-order chi connectivity index (χ0) is 13.3. The second-order valence-corrected chi connectivity index (χ2v) is 5.45. The van der Waals surface area contributed by atoms with Crippen molar-refractivity contribution in [2.45, 2.75) is 19.4 Å². The molecule has 1 heterocycles. The molecular weight excluding hydrogens is 273 g/mol. The van der Waals surface area contributed by atoms with Crippen LogP contribution >= 0.6 is 23.2 Å². The molecular formula is C13H15Cl2NO2. The van der Waals surface area contributed by atoms with Gasteiger partial charge in [0.2, 0.25) is 0 Å². The number of aliphatic hydroxyl groups excluding tert-OH is 1. The lowest BCUT2D eigenvalue weighted by Crippen LogP contribution is -2.30. The molecule has 0 aromatic heterocycles. The predicted molar refractivity (Wildman–Crippen MR) is 72.2 cm³/mol. The molecule has 0 bridgehead atoms. The van der Waals surface area contributed by atoms with Crippen LogP contribution in [0.5, 0.6) is 0 Å². The summed E-state index contributed by atoms with van der Waals surface area (Å²) in [6.45, 7) is 2.94. The van der Waals surface area contributed by atoms with Gasteiger partial charge in [-0.25, -0.2) is 0 Å². The highest BCUT2D eigenvalue weighted by atomic mass is 35.5. The monoisotopic (exact) mass is 287 g/mol. The molecule has 1 fully saturated rings. The zero-order valence-electron chi connectivity index (χ0n) is 10.1. The third-order valence-corrected chi connectivity index (χ3v) is 4.00. The maximum Gasteiger partial charge on any atom is 0.256 e. The number of hydrogen-bond donors (Lipinski definition) is 1. The summed E-state index contributed by atoms with van der Waals surface area (Å²) in [5.41, 5.74) is 0.354. The van der Waals surface area contributed by atoms with E-state index in [4.69, 9.17) is 23.2 Å². The Labute approximate surface area is 116 Å². The van der Waals surface area contributed by atoms with Crippen molar-refractivity contribution in [2.24, 2.45) is 5.92 Å². The zero-order valence-corrected chi connectivity index (χ0v) is 11.6. The van der Waals surface area contributed by atoms with E-state index in [0.717, 1.165) is 6.42 Å². The quantitative estimate of drug-likeness (QED) is 0.909. The Morgan fingerprint density at radius 3 is 2.56 bits per heavy atom. The van der Waals surface area contributed by atoms with Crippen LogP contribution in [0.4, 0.5) is 0 Å². The molecule has 0 saturated carbocycles. The molecule has 98 valence electrons. The van der Waals surface area contributed by atoms with Gasteiger partial charge in [0.25, 0.3) is 5.91 Å². The topological polar surface area (TPSA) is 40.5 Å². The number of rotatable bonds is 2. The Hall–Kier alpha value is -0.770. The first kappa shape index (κ1) is 13.7. The van der Waals surface area contributed by atoms with Crippen molar-refractivity contribution in [3.8, 4) is 0 Å². The van der Waals surface area contributed by atoms with Crippen molar-refractivity contribution in [3.63, 3.8) is 0 Å². The van der Waals surface area contributed by atoms with Gasteiger partial charge in [0, 0.05) is 19.0 Å². The number of aliphatic hydroxyl groups is 1. The molecule has 0 aliphatic carbocycles. The maximum atomic E-state index is 12.3. The summed E-state index contributed by atoms with van der Waals surface area (Å²) in [5, 5.41) is 10.3. The van der Waals surface area contributed by atoms with Gasteiger partial charge in [-0.2, -0.15) is 0 Å². The number of carbonyl (C=O) groups is 1. The summed E-state index contributed by atoms with van der Waals surface area (Å²) in [5.74, 6) is -0.0241. The van der Waals surface area contributed by atoms with Crippen LogP contribution in [-0.2, 0) is 0 Å². The van der Waals surface area contributed by atoms with Gasteiger partial charge in [-0.1, -0.05) is 29.3 Å². The Kier molecular flexibility index (Phi) is 4.15. The summed E-state index contributed by atoms with van der Waals surface area (Å²) >= 11 is 12.0. The summed E-state index contributed by atoms with van der Waals surface area (Å²) < 4.78 is 0. The fraction of sp³-hybridized carbons (Fsp3) is 0.462. The number of halogens is 2. The third kappa shape index (κ3) is 2.63.